The van der Waals surface area contributed by atoms with Crippen LogP contribution in [0.1, 0.15) is 22.8 Å². The van der Waals surface area contributed by atoms with E-state index in [1.54, 1.807) is 24.3 Å². The van der Waals surface area contributed by atoms with Crippen LogP contribution in [-0.4, -0.2) is 18.0 Å². The molecule has 0 aliphatic heterocycles. The molecule has 0 atom stereocenters. The Morgan fingerprint density at radius 1 is 1.47 bits per heavy atom. The number of nitrogens with two attached hydrogens (primary N) is 1. The normalized spacial score (nSPS) is 10.2. The van der Waals surface area contributed by atoms with Crippen LogP contribution in [-0.2, 0) is 0 Å². The van der Waals surface area contributed by atoms with Crippen LogP contribution in [0.3, 0.4) is 0 Å². The van der Waals surface area contributed by atoms with Gasteiger partial charge in [-0.2, -0.15) is 5.10 Å². The third-order valence-electron chi connectivity index (χ3n) is 1.72. The van der Waals surface area contributed by atoms with Crippen molar-refractivity contribution in [1.29, 1.82) is 5.41 Å². The Morgan fingerprint density at radius 2 is 2.07 bits per heavy atom. The van der Waals surface area contributed by atoms with E-state index in [-0.39, 0.29) is 11.7 Å². The lowest BCUT2D eigenvalue weighted by Crippen LogP contribution is -2.25. The third-order valence-corrected chi connectivity index (χ3v) is 1.72. The van der Waals surface area contributed by atoms with E-state index in [9.17, 15) is 4.79 Å². The van der Waals surface area contributed by atoms with Crippen molar-refractivity contribution in [2.45, 2.75) is 6.92 Å². The number of nitrogens with zero attached hydrogens (tertiary/aromatic N) is 1. The van der Waals surface area contributed by atoms with Crippen LogP contribution in [0.5, 0.6) is 0 Å². The zero-order valence-corrected chi connectivity index (χ0v) is 8.32. The van der Waals surface area contributed by atoms with Crippen LogP contribution >= 0.6 is 0 Å². The second-order valence-corrected chi connectivity index (χ2v) is 2.96. The summed E-state index contributed by atoms with van der Waals surface area (Å²) < 4.78 is 0. The molecular weight excluding hydrogens is 192 g/mol. The van der Waals surface area contributed by atoms with Crippen molar-refractivity contribution in [3.05, 3.63) is 35.4 Å². The van der Waals surface area contributed by atoms with Gasteiger partial charge in [-0.3, -0.25) is 10.2 Å². The molecule has 0 bridgehead atoms. The van der Waals surface area contributed by atoms with Crippen LogP contribution in [0, 0.1) is 5.41 Å². The number of benzene rings is 1. The van der Waals surface area contributed by atoms with Crippen molar-refractivity contribution in [3.8, 4) is 0 Å². The number of ketones is 1. The van der Waals surface area contributed by atoms with E-state index in [0.29, 0.717) is 5.56 Å². The Labute approximate surface area is 87.5 Å². The van der Waals surface area contributed by atoms with Crippen molar-refractivity contribution in [2.75, 3.05) is 0 Å². The maximum atomic E-state index is 11.0. The Hall–Kier alpha value is -2.17. The Bertz CT molecular complexity index is 394. The quantitative estimate of drug-likeness (QED) is 0.293. The zero-order chi connectivity index (χ0) is 11.3. The molecule has 0 amide bonds. The molecule has 0 fully saturated rings. The van der Waals surface area contributed by atoms with E-state index >= 15 is 0 Å². The SMILES string of the molecule is CC(=O)c1ccc(C=NNC(=N)N)cc1. The minimum atomic E-state index is -0.216. The number of carbonyl (C=O) groups is 1. The highest BCUT2D eigenvalue weighted by Gasteiger charge is 1.96. The Balaban J connectivity index is 2.68. The molecule has 0 saturated carbocycles. The van der Waals surface area contributed by atoms with E-state index in [1.165, 1.54) is 13.1 Å². The number of hydrogen-bond acceptors (Lipinski definition) is 3. The van der Waals surface area contributed by atoms with E-state index < -0.39 is 0 Å². The number of hydrogen-bond donors (Lipinski definition) is 3. The zero-order valence-electron chi connectivity index (χ0n) is 8.32. The van der Waals surface area contributed by atoms with E-state index in [2.05, 4.69) is 10.5 Å². The van der Waals surface area contributed by atoms with Crippen molar-refractivity contribution in [2.24, 2.45) is 10.8 Å². The third kappa shape index (κ3) is 3.60. The van der Waals surface area contributed by atoms with Crippen LogP contribution in [0.25, 0.3) is 0 Å². The molecule has 0 heterocycles. The molecule has 5 heteroatoms. The molecule has 0 saturated heterocycles. The summed E-state index contributed by atoms with van der Waals surface area (Å²) in [4.78, 5) is 11.0. The van der Waals surface area contributed by atoms with Crippen molar-refractivity contribution in [3.63, 3.8) is 0 Å². The van der Waals surface area contributed by atoms with Gasteiger partial charge in [-0.05, 0) is 12.5 Å². The molecule has 0 aromatic heterocycles. The minimum Gasteiger partial charge on any atom is -0.369 e. The molecule has 0 spiro atoms. The number of nitrogens with one attached hydrogen (secondary N) is 2. The lowest BCUT2D eigenvalue weighted by molar-refractivity contribution is 0.101. The molecule has 78 valence electrons. The largest absolute Gasteiger partial charge is 0.369 e. The van der Waals surface area contributed by atoms with Gasteiger partial charge in [0.15, 0.2) is 5.78 Å². The van der Waals surface area contributed by atoms with Crippen LogP contribution in [0.4, 0.5) is 0 Å². The topological polar surface area (TPSA) is 91.3 Å². The molecular formula is C10H12N4O. The fraction of sp³-hybridized carbons (Fsp3) is 0.100. The lowest BCUT2D eigenvalue weighted by Gasteiger charge is -1.97. The number of hydrazone groups is 1. The summed E-state index contributed by atoms with van der Waals surface area (Å²) in [6, 6.07) is 6.97. The standard InChI is InChI=1S/C10H12N4O/c1-7(15)9-4-2-8(3-5-9)6-13-14-10(11)12/h2-6H,1H3,(H4,11,12,14). The summed E-state index contributed by atoms with van der Waals surface area (Å²) in [7, 11) is 0. The van der Waals surface area contributed by atoms with Gasteiger partial charge in [0.1, 0.15) is 0 Å². The molecule has 0 radical (unpaired) electrons. The molecule has 15 heavy (non-hydrogen) atoms. The minimum absolute atomic E-state index is 0.0281. The van der Waals surface area contributed by atoms with Gasteiger partial charge in [-0.15, -0.1) is 0 Å². The molecule has 4 N–H and O–H groups in total. The predicted molar refractivity (Wildman–Crippen MR) is 59.1 cm³/mol. The van der Waals surface area contributed by atoms with Gasteiger partial charge in [0.25, 0.3) is 0 Å². The molecule has 0 aliphatic rings. The van der Waals surface area contributed by atoms with Gasteiger partial charge in [0.05, 0.1) is 6.21 Å². The molecule has 1 rings (SSSR count). The average Bonchev–Trinajstić information content (AvgIpc) is 2.18. The fourth-order valence-electron chi connectivity index (χ4n) is 0.980. The Morgan fingerprint density at radius 3 is 2.53 bits per heavy atom. The second kappa shape index (κ2) is 4.90. The van der Waals surface area contributed by atoms with Gasteiger partial charge in [-0.25, -0.2) is 5.43 Å². The number of Topliss-reactive ketones (excluding diaryl/α,β-unsaturated/α-hetero) is 1. The molecule has 1 aromatic carbocycles. The molecule has 5 nitrogen and oxygen atoms in total. The molecule has 0 aliphatic carbocycles. The molecule has 1 aromatic rings. The highest BCUT2D eigenvalue weighted by atomic mass is 16.1. The van der Waals surface area contributed by atoms with E-state index in [4.69, 9.17) is 11.1 Å². The first-order chi connectivity index (χ1) is 7.09. The van der Waals surface area contributed by atoms with Gasteiger partial charge < -0.3 is 5.73 Å². The van der Waals surface area contributed by atoms with Crippen LogP contribution in [0.15, 0.2) is 29.4 Å². The van der Waals surface area contributed by atoms with Gasteiger partial charge in [-0.1, -0.05) is 24.3 Å². The number of carbonyl (C=O) groups excluding carboxylic acids is 1. The second-order valence-electron chi connectivity index (χ2n) is 2.96. The highest BCUT2D eigenvalue weighted by molar-refractivity contribution is 5.94. The van der Waals surface area contributed by atoms with Gasteiger partial charge in [0, 0.05) is 5.56 Å². The number of guanidine groups is 1. The maximum Gasteiger partial charge on any atom is 0.206 e. The average molecular weight is 204 g/mol. The predicted octanol–water partition coefficient (Wildman–Crippen LogP) is 0.706. The first-order valence-corrected chi connectivity index (χ1v) is 4.33. The van der Waals surface area contributed by atoms with Crippen LogP contribution < -0.4 is 11.2 Å². The summed E-state index contributed by atoms with van der Waals surface area (Å²) in [5, 5.41) is 10.6. The van der Waals surface area contributed by atoms with Crippen molar-refractivity contribution < 1.29 is 4.79 Å². The van der Waals surface area contributed by atoms with Gasteiger partial charge >= 0.3 is 0 Å². The lowest BCUT2D eigenvalue weighted by atomic mass is 10.1. The highest BCUT2D eigenvalue weighted by Crippen LogP contribution is 2.02. The summed E-state index contributed by atoms with van der Waals surface area (Å²) in [6.07, 6.45) is 1.52. The molecule has 0 unspecified atom stereocenters. The van der Waals surface area contributed by atoms with E-state index in [1.807, 2.05) is 0 Å². The first kappa shape index (κ1) is 10.9. The fourth-order valence-corrected chi connectivity index (χ4v) is 0.980. The van der Waals surface area contributed by atoms with Gasteiger partial charge in [0.2, 0.25) is 5.96 Å². The summed E-state index contributed by atoms with van der Waals surface area (Å²) in [5.41, 5.74) is 8.82. The maximum absolute atomic E-state index is 11.0. The van der Waals surface area contributed by atoms with Crippen molar-refractivity contribution in [1.82, 2.24) is 5.43 Å². The number of rotatable bonds is 3. The smallest absolute Gasteiger partial charge is 0.206 e. The monoisotopic (exact) mass is 204 g/mol. The van der Waals surface area contributed by atoms with E-state index in [0.717, 1.165) is 5.56 Å². The summed E-state index contributed by atoms with van der Waals surface area (Å²) in [5.74, 6) is -0.188. The van der Waals surface area contributed by atoms with Crippen LogP contribution in [0.2, 0.25) is 0 Å². The van der Waals surface area contributed by atoms with Crippen molar-refractivity contribution >= 4 is 18.0 Å². The Kier molecular flexibility index (Phi) is 3.56. The summed E-state index contributed by atoms with van der Waals surface area (Å²) >= 11 is 0. The summed E-state index contributed by atoms with van der Waals surface area (Å²) in [6.45, 7) is 1.51. The first-order valence-electron chi connectivity index (χ1n) is 4.33.